The van der Waals surface area contributed by atoms with Gasteiger partial charge >= 0.3 is 0 Å². The van der Waals surface area contributed by atoms with Crippen LogP contribution >= 0.6 is 0 Å². The Morgan fingerprint density at radius 3 is 2.28 bits per heavy atom. The fraction of sp³-hybridized carbons (Fsp3) is 0.227. The zero-order valence-electron chi connectivity index (χ0n) is 17.0. The molecule has 0 spiro atoms. The maximum atomic E-state index is 13.2. The van der Waals surface area contributed by atoms with Gasteiger partial charge in [0, 0.05) is 18.5 Å². The number of anilines is 3. The number of amides is 2. The Balaban J connectivity index is 1.51. The van der Waals surface area contributed by atoms with Crippen LogP contribution in [-0.2, 0) is 4.74 Å². The molecular weight excluding hydrogens is 410 g/mol. The molecule has 5 rings (SSSR count). The van der Waals surface area contributed by atoms with Crippen molar-refractivity contribution in [1.29, 1.82) is 0 Å². The van der Waals surface area contributed by atoms with E-state index in [1.165, 1.54) is 0 Å². The molecule has 160 valence electrons. The quantitative estimate of drug-likeness (QED) is 0.460. The van der Waals surface area contributed by atoms with Gasteiger partial charge in [0.25, 0.3) is 11.8 Å². The summed E-state index contributed by atoms with van der Waals surface area (Å²) in [4.78, 5) is 41.4. The van der Waals surface area contributed by atoms with Crippen molar-refractivity contribution in [2.24, 2.45) is 0 Å². The number of terminal acetylenes is 1. The molecule has 2 N–H and O–H groups in total. The fourth-order valence-electron chi connectivity index (χ4n) is 3.76. The van der Waals surface area contributed by atoms with E-state index in [2.05, 4.69) is 31.6 Å². The number of imide groups is 1. The van der Waals surface area contributed by atoms with E-state index in [9.17, 15) is 9.59 Å². The number of aromatic nitrogens is 3. The lowest BCUT2D eigenvalue weighted by atomic mass is 9.95. The van der Waals surface area contributed by atoms with Gasteiger partial charge in [0.15, 0.2) is 0 Å². The van der Waals surface area contributed by atoms with E-state index in [0.29, 0.717) is 48.8 Å². The third-order valence-electron chi connectivity index (χ3n) is 5.25. The Morgan fingerprint density at radius 1 is 0.969 bits per heavy atom. The molecular formula is C22H19N7O3. The van der Waals surface area contributed by atoms with E-state index in [1.54, 1.807) is 24.3 Å². The molecule has 3 heterocycles. The number of carbonyl (C=O) groups excluding carboxylic acids is 2. The van der Waals surface area contributed by atoms with E-state index in [0.717, 1.165) is 10.4 Å². The summed E-state index contributed by atoms with van der Waals surface area (Å²) in [6.45, 7) is 2.52. The molecule has 1 fully saturated rings. The normalized spacial score (nSPS) is 15.6. The predicted octanol–water partition coefficient (Wildman–Crippen LogP) is 1.53. The summed E-state index contributed by atoms with van der Waals surface area (Å²) in [5.74, 6) is 2.19. The number of nitrogens with one attached hydrogen (secondary N) is 2. The number of ether oxygens (including phenoxy) is 1. The van der Waals surface area contributed by atoms with Gasteiger partial charge in [0.1, 0.15) is 0 Å². The summed E-state index contributed by atoms with van der Waals surface area (Å²) in [5, 5.41) is 5.33. The average Bonchev–Trinajstić information content (AvgIpc) is 2.84. The lowest BCUT2D eigenvalue weighted by Crippen LogP contribution is -2.45. The Bertz CT molecular complexity index is 1210. The number of carbonyl (C=O) groups is 2. The predicted molar refractivity (Wildman–Crippen MR) is 118 cm³/mol. The second-order valence-electron chi connectivity index (χ2n) is 7.21. The standard InChI is InChI=1S/C22H19N7O3/c1-2-9-23-20-24-21(26-22(25-20)28-10-12-32-13-11-28)27-29-18(30)15-7-3-5-14-6-4-8-16(17(14)15)19(29)31/h1,3-8H,9-13H2,(H2,23,24,25,26,27). The molecule has 3 aromatic rings. The van der Waals surface area contributed by atoms with Crippen molar-refractivity contribution in [3.05, 3.63) is 47.5 Å². The molecule has 2 amide bonds. The van der Waals surface area contributed by atoms with Gasteiger partial charge in [-0.25, -0.2) is 0 Å². The third-order valence-corrected chi connectivity index (χ3v) is 5.25. The molecule has 10 heteroatoms. The van der Waals surface area contributed by atoms with Crippen LogP contribution in [0.1, 0.15) is 20.7 Å². The molecule has 10 nitrogen and oxygen atoms in total. The van der Waals surface area contributed by atoms with Crippen LogP contribution in [0, 0.1) is 12.3 Å². The number of hydrazine groups is 1. The van der Waals surface area contributed by atoms with Gasteiger partial charge in [0.05, 0.1) is 30.9 Å². The van der Waals surface area contributed by atoms with Gasteiger partial charge in [-0.05, 0) is 17.5 Å². The Morgan fingerprint density at radius 2 is 1.62 bits per heavy atom. The van der Waals surface area contributed by atoms with Crippen LogP contribution in [0.2, 0.25) is 0 Å². The Hall–Kier alpha value is -4.23. The molecule has 0 atom stereocenters. The van der Waals surface area contributed by atoms with Crippen LogP contribution in [-0.4, -0.2) is 64.6 Å². The monoisotopic (exact) mass is 429 g/mol. The smallest absolute Gasteiger partial charge is 0.280 e. The number of hydrogen-bond donors (Lipinski definition) is 2. The van der Waals surface area contributed by atoms with Crippen LogP contribution in [0.25, 0.3) is 10.8 Å². The fourth-order valence-corrected chi connectivity index (χ4v) is 3.76. The highest BCUT2D eigenvalue weighted by Gasteiger charge is 2.34. The average molecular weight is 429 g/mol. The first-order valence-corrected chi connectivity index (χ1v) is 10.1. The van der Waals surface area contributed by atoms with Crippen LogP contribution in [0.15, 0.2) is 36.4 Å². The van der Waals surface area contributed by atoms with Crippen molar-refractivity contribution < 1.29 is 14.3 Å². The summed E-state index contributed by atoms with van der Waals surface area (Å²) < 4.78 is 5.39. The molecule has 0 unspecified atom stereocenters. The Labute approximate surface area is 183 Å². The molecule has 0 bridgehead atoms. The summed E-state index contributed by atoms with van der Waals surface area (Å²) in [7, 11) is 0. The number of nitrogens with zero attached hydrogens (tertiary/aromatic N) is 5. The van der Waals surface area contributed by atoms with Crippen LogP contribution in [0.4, 0.5) is 17.8 Å². The minimum Gasteiger partial charge on any atom is -0.378 e. The van der Waals surface area contributed by atoms with Gasteiger partial charge in [-0.1, -0.05) is 30.2 Å². The highest BCUT2D eigenvalue weighted by molar-refractivity contribution is 6.25. The van der Waals surface area contributed by atoms with Crippen molar-refractivity contribution >= 4 is 40.4 Å². The molecule has 1 saturated heterocycles. The van der Waals surface area contributed by atoms with Gasteiger partial charge in [0.2, 0.25) is 17.8 Å². The van der Waals surface area contributed by atoms with Gasteiger partial charge < -0.3 is 15.0 Å². The van der Waals surface area contributed by atoms with Crippen molar-refractivity contribution in [2.45, 2.75) is 0 Å². The van der Waals surface area contributed by atoms with Gasteiger partial charge in [-0.3, -0.25) is 15.0 Å². The minimum atomic E-state index is -0.481. The second kappa shape index (κ2) is 8.13. The first-order chi connectivity index (χ1) is 15.7. The number of rotatable bonds is 5. The number of benzene rings is 2. The molecule has 0 saturated carbocycles. The van der Waals surface area contributed by atoms with E-state index < -0.39 is 11.8 Å². The van der Waals surface area contributed by atoms with Crippen molar-refractivity contribution in [3.8, 4) is 12.3 Å². The molecule has 2 aliphatic rings. The third kappa shape index (κ3) is 3.44. The van der Waals surface area contributed by atoms with E-state index in [-0.39, 0.29) is 18.4 Å². The topological polar surface area (TPSA) is 113 Å². The first kappa shape index (κ1) is 19.7. The first-order valence-electron chi connectivity index (χ1n) is 10.1. The van der Waals surface area contributed by atoms with Crippen LogP contribution < -0.4 is 15.6 Å². The zero-order valence-corrected chi connectivity index (χ0v) is 17.0. The molecule has 1 aromatic heterocycles. The summed E-state index contributed by atoms with van der Waals surface area (Å²) >= 11 is 0. The van der Waals surface area contributed by atoms with E-state index in [4.69, 9.17) is 11.2 Å². The lowest BCUT2D eigenvalue weighted by molar-refractivity contribution is 0.0647. The van der Waals surface area contributed by atoms with Crippen LogP contribution in [0.3, 0.4) is 0 Å². The van der Waals surface area contributed by atoms with E-state index in [1.807, 2.05) is 17.0 Å². The van der Waals surface area contributed by atoms with Gasteiger partial charge in [-0.2, -0.15) is 20.0 Å². The lowest BCUT2D eigenvalue weighted by Gasteiger charge is -2.29. The van der Waals surface area contributed by atoms with Crippen molar-refractivity contribution in [2.75, 3.05) is 48.5 Å². The van der Waals surface area contributed by atoms with Crippen molar-refractivity contribution in [1.82, 2.24) is 20.0 Å². The van der Waals surface area contributed by atoms with Gasteiger partial charge in [-0.15, -0.1) is 6.42 Å². The molecule has 2 aromatic carbocycles. The maximum absolute atomic E-state index is 13.2. The highest BCUT2D eigenvalue weighted by atomic mass is 16.5. The number of hydrogen-bond acceptors (Lipinski definition) is 9. The second-order valence-corrected chi connectivity index (χ2v) is 7.21. The number of morpholine rings is 1. The van der Waals surface area contributed by atoms with Crippen molar-refractivity contribution in [3.63, 3.8) is 0 Å². The maximum Gasteiger partial charge on any atom is 0.280 e. The summed E-state index contributed by atoms with van der Waals surface area (Å²) in [5.41, 5.74) is 3.64. The molecule has 0 aliphatic carbocycles. The van der Waals surface area contributed by atoms with E-state index >= 15 is 0 Å². The van der Waals surface area contributed by atoms with Crippen LogP contribution in [0.5, 0.6) is 0 Å². The largest absolute Gasteiger partial charge is 0.378 e. The molecule has 2 aliphatic heterocycles. The minimum absolute atomic E-state index is 0.0502. The molecule has 32 heavy (non-hydrogen) atoms. The Kier molecular flexibility index (Phi) is 5.01. The highest BCUT2D eigenvalue weighted by Crippen LogP contribution is 2.30. The summed E-state index contributed by atoms with van der Waals surface area (Å²) in [6.07, 6.45) is 5.34. The summed E-state index contributed by atoms with van der Waals surface area (Å²) in [6, 6.07) is 10.7. The molecule has 0 radical (unpaired) electrons. The SMILES string of the molecule is C#CCNc1nc(NN2C(=O)c3cccc4cccc(c34)C2=O)nc(N2CCOCC2)n1. The zero-order chi connectivity index (χ0) is 22.1.